The highest BCUT2D eigenvalue weighted by Crippen LogP contribution is 2.33. The summed E-state index contributed by atoms with van der Waals surface area (Å²) in [6.07, 6.45) is 1.21. The Kier molecular flexibility index (Phi) is 1.66. The minimum Gasteiger partial charge on any atom is -0.309 e. The summed E-state index contributed by atoms with van der Waals surface area (Å²) in [4.78, 5) is 4.18. The first kappa shape index (κ1) is 8.44. The standard InChI is InChI=1S/C12H14N4/c1-12(2)7-10-14-15-11(16(10)8-12)9-5-3-4-6-13-9/h3-6H,7-8H2,1-2H3/i6D. The summed E-state index contributed by atoms with van der Waals surface area (Å²) < 4.78 is 9.66. The summed E-state index contributed by atoms with van der Waals surface area (Å²) in [6.45, 7) is 5.36. The van der Waals surface area contributed by atoms with E-state index < -0.39 is 0 Å². The van der Waals surface area contributed by atoms with E-state index in [9.17, 15) is 0 Å². The summed E-state index contributed by atoms with van der Waals surface area (Å²) in [7, 11) is 0. The largest absolute Gasteiger partial charge is 0.309 e. The van der Waals surface area contributed by atoms with Crippen LogP contribution in [-0.2, 0) is 13.0 Å². The number of aromatic nitrogens is 4. The lowest BCUT2D eigenvalue weighted by molar-refractivity contribution is 0.357. The second kappa shape index (κ2) is 3.14. The monoisotopic (exact) mass is 215 g/mol. The normalized spacial score (nSPS) is 18.2. The van der Waals surface area contributed by atoms with Gasteiger partial charge < -0.3 is 4.57 Å². The fourth-order valence-corrected chi connectivity index (χ4v) is 2.18. The summed E-state index contributed by atoms with van der Waals surface area (Å²) >= 11 is 0. The van der Waals surface area contributed by atoms with Crippen molar-refractivity contribution in [2.75, 3.05) is 0 Å². The molecule has 82 valence electrons. The Morgan fingerprint density at radius 1 is 1.38 bits per heavy atom. The molecule has 0 aliphatic carbocycles. The minimum absolute atomic E-state index is 0.235. The van der Waals surface area contributed by atoms with Crippen molar-refractivity contribution in [3.05, 3.63) is 30.2 Å². The quantitative estimate of drug-likeness (QED) is 0.730. The van der Waals surface area contributed by atoms with Gasteiger partial charge in [-0.25, -0.2) is 0 Å². The Morgan fingerprint density at radius 2 is 2.25 bits per heavy atom. The third-order valence-electron chi connectivity index (χ3n) is 2.89. The molecule has 4 nitrogen and oxygen atoms in total. The maximum absolute atomic E-state index is 7.54. The van der Waals surface area contributed by atoms with E-state index in [4.69, 9.17) is 1.37 Å². The van der Waals surface area contributed by atoms with Gasteiger partial charge in [-0.3, -0.25) is 4.98 Å². The van der Waals surface area contributed by atoms with E-state index in [0.717, 1.165) is 30.3 Å². The van der Waals surface area contributed by atoms with Gasteiger partial charge in [0, 0.05) is 19.1 Å². The third-order valence-corrected chi connectivity index (χ3v) is 2.89. The average Bonchev–Trinajstić information content (AvgIpc) is 2.72. The Bertz CT molecular complexity index is 574. The van der Waals surface area contributed by atoms with Crippen LogP contribution in [0.15, 0.2) is 24.4 Å². The molecule has 1 aliphatic rings. The summed E-state index contributed by atoms with van der Waals surface area (Å²) in [5.41, 5.74) is 0.965. The van der Waals surface area contributed by atoms with Crippen molar-refractivity contribution in [1.82, 2.24) is 19.7 Å². The fourth-order valence-electron chi connectivity index (χ4n) is 2.18. The fraction of sp³-hybridized carbons (Fsp3) is 0.417. The molecule has 3 heterocycles. The van der Waals surface area contributed by atoms with Gasteiger partial charge in [-0.1, -0.05) is 19.9 Å². The molecule has 0 N–H and O–H groups in total. The van der Waals surface area contributed by atoms with E-state index in [1.165, 1.54) is 0 Å². The van der Waals surface area contributed by atoms with Gasteiger partial charge in [0.25, 0.3) is 0 Å². The molecule has 0 atom stereocenters. The first-order valence-electron chi connectivity index (χ1n) is 5.91. The van der Waals surface area contributed by atoms with E-state index in [-0.39, 0.29) is 11.6 Å². The smallest absolute Gasteiger partial charge is 0.182 e. The molecular weight excluding hydrogens is 200 g/mol. The molecule has 0 bridgehead atoms. The lowest BCUT2D eigenvalue weighted by Gasteiger charge is -2.15. The minimum atomic E-state index is 0.235. The highest BCUT2D eigenvalue weighted by Gasteiger charge is 2.32. The Hall–Kier alpha value is -1.71. The van der Waals surface area contributed by atoms with Crippen LogP contribution in [0.2, 0.25) is 0 Å². The van der Waals surface area contributed by atoms with Crippen molar-refractivity contribution in [1.29, 1.82) is 0 Å². The van der Waals surface area contributed by atoms with E-state index in [0.29, 0.717) is 0 Å². The van der Waals surface area contributed by atoms with Crippen LogP contribution in [-0.4, -0.2) is 19.7 Å². The van der Waals surface area contributed by atoms with Crippen LogP contribution < -0.4 is 0 Å². The molecule has 16 heavy (non-hydrogen) atoms. The van der Waals surface area contributed by atoms with Gasteiger partial charge in [0.2, 0.25) is 0 Å². The van der Waals surface area contributed by atoms with Gasteiger partial charge in [0.15, 0.2) is 5.82 Å². The molecule has 3 rings (SSSR count). The first-order chi connectivity index (χ1) is 8.05. The molecule has 1 aliphatic heterocycles. The molecule has 0 saturated carbocycles. The van der Waals surface area contributed by atoms with Crippen molar-refractivity contribution < 1.29 is 1.37 Å². The van der Waals surface area contributed by atoms with Crippen LogP contribution in [0.4, 0.5) is 0 Å². The van der Waals surface area contributed by atoms with Crippen molar-refractivity contribution in [3.63, 3.8) is 0 Å². The van der Waals surface area contributed by atoms with Crippen LogP contribution in [0.5, 0.6) is 0 Å². The molecule has 0 amide bonds. The van der Waals surface area contributed by atoms with Crippen LogP contribution >= 0.6 is 0 Å². The highest BCUT2D eigenvalue weighted by atomic mass is 15.3. The topological polar surface area (TPSA) is 43.6 Å². The van der Waals surface area contributed by atoms with Crippen molar-refractivity contribution >= 4 is 0 Å². The van der Waals surface area contributed by atoms with E-state index in [1.54, 1.807) is 6.07 Å². The van der Waals surface area contributed by atoms with Gasteiger partial charge in [-0.2, -0.15) is 0 Å². The van der Waals surface area contributed by atoms with Gasteiger partial charge in [-0.05, 0) is 17.5 Å². The maximum atomic E-state index is 7.54. The molecule has 2 aromatic rings. The van der Waals surface area contributed by atoms with E-state index in [2.05, 4.69) is 33.6 Å². The number of pyridine rings is 1. The number of fused-ring (bicyclic) bond motifs is 1. The number of hydrogen-bond acceptors (Lipinski definition) is 3. The first-order valence-corrected chi connectivity index (χ1v) is 5.41. The summed E-state index contributed by atoms with van der Waals surface area (Å²) in [5, 5.41) is 8.39. The van der Waals surface area contributed by atoms with E-state index >= 15 is 0 Å². The van der Waals surface area contributed by atoms with Gasteiger partial charge >= 0.3 is 0 Å². The van der Waals surface area contributed by atoms with E-state index in [1.807, 2.05) is 12.1 Å². The average molecular weight is 215 g/mol. The van der Waals surface area contributed by atoms with Gasteiger partial charge in [0.1, 0.15) is 11.5 Å². The maximum Gasteiger partial charge on any atom is 0.182 e. The van der Waals surface area contributed by atoms with Crippen molar-refractivity contribution in [3.8, 4) is 11.5 Å². The number of nitrogens with zero attached hydrogens (tertiary/aromatic N) is 4. The SMILES string of the molecule is [2H]c1cccc(-c2nnc3n2CC(C)(C)C3)n1. The van der Waals surface area contributed by atoms with Crippen LogP contribution in [0.1, 0.15) is 21.0 Å². The zero-order valence-electron chi connectivity index (χ0n) is 10.4. The summed E-state index contributed by atoms with van der Waals surface area (Å²) in [5.74, 6) is 1.79. The number of rotatable bonds is 1. The van der Waals surface area contributed by atoms with Gasteiger partial charge in [0.05, 0.1) is 1.37 Å². The summed E-state index contributed by atoms with van der Waals surface area (Å²) in [6, 6.07) is 5.36. The number of hydrogen-bond donors (Lipinski definition) is 0. The van der Waals surface area contributed by atoms with Crippen molar-refractivity contribution in [2.24, 2.45) is 5.41 Å². The predicted molar refractivity (Wildman–Crippen MR) is 60.7 cm³/mol. The zero-order valence-corrected chi connectivity index (χ0v) is 9.44. The molecule has 0 unspecified atom stereocenters. The van der Waals surface area contributed by atoms with Crippen LogP contribution in [0.25, 0.3) is 11.5 Å². The van der Waals surface area contributed by atoms with Crippen LogP contribution in [0, 0.1) is 5.41 Å². The third kappa shape index (κ3) is 1.41. The molecule has 4 heteroatoms. The van der Waals surface area contributed by atoms with Crippen LogP contribution in [0.3, 0.4) is 0 Å². The van der Waals surface area contributed by atoms with Gasteiger partial charge in [-0.15, -0.1) is 10.2 Å². The highest BCUT2D eigenvalue weighted by molar-refractivity contribution is 5.49. The molecule has 0 fully saturated rings. The lowest BCUT2D eigenvalue weighted by atomic mass is 9.92. The Labute approximate surface area is 95.8 Å². The predicted octanol–water partition coefficient (Wildman–Crippen LogP) is 1.92. The van der Waals surface area contributed by atoms with Crippen molar-refractivity contribution in [2.45, 2.75) is 26.8 Å². The molecule has 0 saturated heterocycles. The molecule has 2 aromatic heterocycles. The Balaban J connectivity index is 2.07. The second-order valence-electron chi connectivity index (χ2n) is 5.02. The lowest BCUT2D eigenvalue weighted by Crippen LogP contribution is -2.13. The molecule has 0 spiro atoms. The Morgan fingerprint density at radius 3 is 3.06 bits per heavy atom. The molecule has 0 radical (unpaired) electrons. The molecule has 0 aromatic carbocycles. The zero-order chi connectivity index (χ0) is 12.0. The molecular formula is C12H14N4. The second-order valence-corrected chi connectivity index (χ2v) is 5.02.